The van der Waals surface area contributed by atoms with Crippen LogP contribution in [-0.4, -0.2) is 34.3 Å². The lowest BCUT2D eigenvalue weighted by Gasteiger charge is -2.17. The second-order valence-corrected chi connectivity index (χ2v) is 4.10. The quantitative estimate of drug-likeness (QED) is 0.466. The second kappa shape index (κ2) is 6.26. The summed E-state index contributed by atoms with van der Waals surface area (Å²) in [5.41, 5.74) is 0.471. The third kappa shape index (κ3) is 3.73. The van der Waals surface area contributed by atoms with E-state index in [9.17, 15) is 25.1 Å². The Kier molecular flexibility index (Phi) is 4.96. The van der Waals surface area contributed by atoms with Crippen LogP contribution in [0, 0.1) is 17.0 Å². The van der Waals surface area contributed by atoms with E-state index < -0.39 is 23.1 Å². The number of nitrogens with zero attached hydrogens (tertiary/aromatic N) is 1. The molecule has 0 saturated heterocycles. The molecule has 7 heteroatoms. The third-order valence-corrected chi connectivity index (χ3v) is 2.74. The van der Waals surface area contributed by atoms with Gasteiger partial charge in [-0.2, -0.15) is 0 Å². The minimum Gasteiger partial charge on any atom is -0.469 e. The molecule has 0 saturated carbocycles. The van der Waals surface area contributed by atoms with Crippen LogP contribution in [0.2, 0.25) is 0 Å². The molecule has 0 amide bonds. The number of rotatable bonds is 5. The molecule has 0 aliphatic carbocycles. The van der Waals surface area contributed by atoms with E-state index in [1.807, 2.05) is 0 Å². The molecule has 1 aromatic rings. The molecular formula is C12H15NO6. The van der Waals surface area contributed by atoms with Gasteiger partial charge in [-0.3, -0.25) is 14.9 Å². The van der Waals surface area contributed by atoms with E-state index in [2.05, 4.69) is 4.74 Å². The van der Waals surface area contributed by atoms with E-state index in [4.69, 9.17) is 0 Å². The minimum absolute atomic E-state index is 0.151. The van der Waals surface area contributed by atoms with Gasteiger partial charge in [0.25, 0.3) is 5.69 Å². The Morgan fingerprint density at radius 1 is 1.47 bits per heavy atom. The number of benzene rings is 1. The molecule has 2 atom stereocenters. The van der Waals surface area contributed by atoms with Crippen LogP contribution in [0.5, 0.6) is 0 Å². The van der Waals surface area contributed by atoms with Crippen molar-refractivity contribution in [2.45, 2.75) is 25.6 Å². The summed E-state index contributed by atoms with van der Waals surface area (Å²) in [5.74, 6) is -0.673. The van der Waals surface area contributed by atoms with Gasteiger partial charge >= 0.3 is 5.97 Å². The molecule has 104 valence electrons. The fraction of sp³-hybridized carbons (Fsp3) is 0.417. The molecule has 0 heterocycles. The van der Waals surface area contributed by atoms with Crippen molar-refractivity contribution in [3.05, 3.63) is 39.4 Å². The van der Waals surface area contributed by atoms with E-state index in [-0.39, 0.29) is 17.7 Å². The number of nitro groups is 1. The molecule has 0 aliphatic heterocycles. The molecular weight excluding hydrogens is 254 g/mol. The number of aliphatic hydroxyl groups excluding tert-OH is 2. The Labute approximate surface area is 109 Å². The van der Waals surface area contributed by atoms with Crippen molar-refractivity contribution in [1.29, 1.82) is 0 Å². The van der Waals surface area contributed by atoms with Gasteiger partial charge < -0.3 is 14.9 Å². The first kappa shape index (κ1) is 15.1. The number of carbonyl (C=O) groups is 1. The Morgan fingerprint density at radius 2 is 2.11 bits per heavy atom. The van der Waals surface area contributed by atoms with E-state index in [0.717, 1.165) is 7.11 Å². The number of esters is 1. The summed E-state index contributed by atoms with van der Waals surface area (Å²) < 4.78 is 4.37. The summed E-state index contributed by atoms with van der Waals surface area (Å²) in [5, 5.41) is 30.3. The summed E-state index contributed by atoms with van der Waals surface area (Å²) in [6.45, 7) is 1.57. The number of carbonyl (C=O) groups excluding carboxylic acids is 1. The fourth-order valence-electron chi connectivity index (χ4n) is 1.59. The van der Waals surface area contributed by atoms with Crippen LogP contribution in [0.1, 0.15) is 23.7 Å². The molecule has 7 nitrogen and oxygen atoms in total. The second-order valence-electron chi connectivity index (χ2n) is 4.10. The molecule has 2 N–H and O–H groups in total. The topological polar surface area (TPSA) is 110 Å². The lowest BCUT2D eigenvalue weighted by Crippen LogP contribution is -2.22. The highest BCUT2D eigenvalue weighted by Crippen LogP contribution is 2.26. The summed E-state index contributed by atoms with van der Waals surface area (Å²) in [6, 6.07) is 4.12. The van der Waals surface area contributed by atoms with E-state index >= 15 is 0 Å². The zero-order valence-electron chi connectivity index (χ0n) is 10.6. The SMILES string of the molecule is COC(=O)CC(O)C(O)c1ccc(C)c([N+](=O)[O-])c1. The van der Waals surface area contributed by atoms with Crippen LogP contribution >= 0.6 is 0 Å². The van der Waals surface area contributed by atoms with E-state index in [1.165, 1.54) is 18.2 Å². The van der Waals surface area contributed by atoms with Crippen molar-refractivity contribution < 1.29 is 24.7 Å². The molecule has 1 rings (SSSR count). The van der Waals surface area contributed by atoms with E-state index in [1.54, 1.807) is 6.92 Å². The predicted octanol–water partition coefficient (Wildman–Crippen LogP) is 0.861. The summed E-state index contributed by atoms with van der Waals surface area (Å²) >= 11 is 0. The van der Waals surface area contributed by atoms with Gasteiger partial charge in [0, 0.05) is 11.6 Å². The Bertz CT molecular complexity index is 487. The summed E-state index contributed by atoms with van der Waals surface area (Å²) in [4.78, 5) is 21.2. The lowest BCUT2D eigenvalue weighted by atomic mass is 10.00. The van der Waals surface area contributed by atoms with Crippen LogP contribution in [0.25, 0.3) is 0 Å². The molecule has 0 aromatic heterocycles. The zero-order valence-corrected chi connectivity index (χ0v) is 10.6. The van der Waals surface area contributed by atoms with Gasteiger partial charge in [0.15, 0.2) is 0 Å². The molecule has 0 fully saturated rings. The maximum Gasteiger partial charge on any atom is 0.308 e. The highest BCUT2D eigenvalue weighted by atomic mass is 16.6. The van der Waals surface area contributed by atoms with Crippen LogP contribution in [0.15, 0.2) is 18.2 Å². The number of aliphatic hydroxyl groups is 2. The van der Waals surface area contributed by atoms with Gasteiger partial charge in [-0.1, -0.05) is 12.1 Å². The number of aryl methyl sites for hydroxylation is 1. The van der Waals surface area contributed by atoms with Crippen molar-refractivity contribution >= 4 is 11.7 Å². The maximum atomic E-state index is 11.0. The standard InChI is InChI=1S/C12H15NO6/c1-7-3-4-8(5-9(7)13(17)18)12(16)10(14)6-11(15)19-2/h3-5,10,12,14,16H,6H2,1-2H3. The first-order chi connectivity index (χ1) is 8.86. The van der Waals surface area contributed by atoms with Crippen molar-refractivity contribution in [2.75, 3.05) is 7.11 Å². The smallest absolute Gasteiger partial charge is 0.308 e. The highest BCUT2D eigenvalue weighted by molar-refractivity contribution is 5.69. The molecule has 19 heavy (non-hydrogen) atoms. The Morgan fingerprint density at radius 3 is 2.63 bits per heavy atom. The average molecular weight is 269 g/mol. The van der Waals surface area contributed by atoms with Crippen molar-refractivity contribution in [2.24, 2.45) is 0 Å². The van der Waals surface area contributed by atoms with Crippen molar-refractivity contribution in [3.8, 4) is 0 Å². The summed E-state index contributed by atoms with van der Waals surface area (Å²) in [6.07, 6.45) is -3.16. The highest BCUT2D eigenvalue weighted by Gasteiger charge is 2.24. The number of nitro benzene ring substituents is 1. The molecule has 1 aromatic carbocycles. The van der Waals surface area contributed by atoms with Gasteiger partial charge in [0.1, 0.15) is 6.10 Å². The number of hydrogen-bond acceptors (Lipinski definition) is 6. The fourth-order valence-corrected chi connectivity index (χ4v) is 1.59. The lowest BCUT2D eigenvalue weighted by molar-refractivity contribution is -0.385. The van der Waals surface area contributed by atoms with Crippen LogP contribution in [-0.2, 0) is 9.53 Å². The molecule has 0 bridgehead atoms. The van der Waals surface area contributed by atoms with E-state index in [0.29, 0.717) is 5.56 Å². The van der Waals surface area contributed by atoms with Crippen molar-refractivity contribution in [3.63, 3.8) is 0 Å². The first-order valence-corrected chi connectivity index (χ1v) is 5.54. The average Bonchev–Trinajstić information content (AvgIpc) is 2.37. The first-order valence-electron chi connectivity index (χ1n) is 5.54. The minimum atomic E-state index is -1.39. The van der Waals surface area contributed by atoms with Gasteiger partial charge in [-0.05, 0) is 12.5 Å². The molecule has 0 spiro atoms. The molecule has 2 unspecified atom stereocenters. The maximum absolute atomic E-state index is 11.0. The van der Waals surface area contributed by atoms with Crippen LogP contribution in [0.3, 0.4) is 0 Å². The van der Waals surface area contributed by atoms with Gasteiger partial charge in [0.05, 0.1) is 24.6 Å². The van der Waals surface area contributed by atoms with Gasteiger partial charge in [-0.15, -0.1) is 0 Å². The number of methoxy groups -OCH3 is 1. The molecule has 0 aliphatic rings. The van der Waals surface area contributed by atoms with Gasteiger partial charge in [0.2, 0.25) is 0 Å². The predicted molar refractivity (Wildman–Crippen MR) is 65.4 cm³/mol. The number of hydrogen-bond donors (Lipinski definition) is 2. The largest absolute Gasteiger partial charge is 0.469 e. The van der Waals surface area contributed by atoms with Crippen LogP contribution in [0.4, 0.5) is 5.69 Å². The molecule has 0 radical (unpaired) electrons. The zero-order chi connectivity index (χ0) is 14.6. The number of ether oxygens (including phenoxy) is 1. The van der Waals surface area contributed by atoms with Crippen LogP contribution < -0.4 is 0 Å². The van der Waals surface area contributed by atoms with Gasteiger partial charge in [-0.25, -0.2) is 0 Å². The third-order valence-electron chi connectivity index (χ3n) is 2.74. The Hall–Kier alpha value is -1.99. The van der Waals surface area contributed by atoms with Crippen molar-refractivity contribution in [1.82, 2.24) is 0 Å². The summed E-state index contributed by atoms with van der Waals surface area (Å²) in [7, 11) is 1.16. The Balaban J connectivity index is 2.93. The normalized spacial score (nSPS) is 13.7. The monoisotopic (exact) mass is 269 g/mol.